The van der Waals surface area contributed by atoms with Gasteiger partial charge in [0, 0.05) is 16.3 Å². The normalized spacial score (nSPS) is 11.0. The summed E-state index contributed by atoms with van der Waals surface area (Å²) in [5.41, 5.74) is 2.98. The van der Waals surface area contributed by atoms with Crippen LogP contribution in [0.1, 0.15) is 19.4 Å². The fraction of sp³-hybridized carbons (Fsp3) is 0.250. The second-order valence-corrected chi connectivity index (χ2v) is 7.69. The highest BCUT2D eigenvalue weighted by Crippen LogP contribution is 2.29. The standard InChI is InChI=1S/C20H20ClN3O2S/c1-13(2)26-18(25)12-27-20-23-22-19(15-6-8-16(21)9-7-15)24(20)17-10-4-14(3)5-11-17/h4-11,13H,12H2,1-3H3. The first-order chi connectivity index (χ1) is 12.9. The van der Waals surface area contributed by atoms with Gasteiger partial charge in [-0.15, -0.1) is 10.2 Å². The predicted molar refractivity (Wildman–Crippen MR) is 108 cm³/mol. The molecule has 140 valence electrons. The van der Waals surface area contributed by atoms with E-state index in [9.17, 15) is 4.79 Å². The number of aromatic nitrogens is 3. The highest BCUT2D eigenvalue weighted by Gasteiger charge is 2.18. The number of rotatable bonds is 6. The van der Waals surface area contributed by atoms with Gasteiger partial charge in [0.05, 0.1) is 11.9 Å². The molecule has 3 aromatic rings. The Morgan fingerprint density at radius 2 is 1.78 bits per heavy atom. The molecule has 2 aromatic carbocycles. The largest absolute Gasteiger partial charge is 0.462 e. The monoisotopic (exact) mass is 401 g/mol. The highest BCUT2D eigenvalue weighted by molar-refractivity contribution is 7.99. The van der Waals surface area contributed by atoms with Crippen molar-refractivity contribution in [3.63, 3.8) is 0 Å². The number of nitrogens with zero attached hydrogens (tertiary/aromatic N) is 3. The van der Waals surface area contributed by atoms with Crippen molar-refractivity contribution in [3.8, 4) is 17.1 Å². The molecule has 0 fully saturated rings. The molecule has 7 heteroatoms. The molecule has 0 radical (unpaired) electrons. The van der Waals surface area contributed by atoms with Crippen LogP contribution in [-0.4, -0.2) is 32.6 Å². The van der Waals surface area contributed by atoms with E-state index in [0.717, 1.165) is 16.8 Å². The molecule has 0 aliphatic rings. The van der Waals surface area contributed by atoms with Gasteiger partial charge >= 0.3 is 5.97 Å². The van der Waals surface area contributed by atoms with Gasteiger partial charge in [0.25, 0.3) is 0 Å². The molecule has 3 rings (SSSR count). The van der Waals surface area contributed by atoms with Crippen LogP contribution < -0.4 is 0 Å². The Balaban J connectivity index is 1.97. The molecule has 1 heterocycles. The van der Waals surface area contributed by atoms with E-state index in [1.54, 1.807) is 0 Å². The summed E-state index contributed by atoms with van der Waals surface area (Å²) in [6.07, 6.45) is -0.141. The van der Waals surface area contributed by atoms with E-state index in [4.69, 9.17) is 16.3 Å². The number of hydrogen-bond donors (Lipinski definition) is 0. The average molecular weight is 402 g/mol. The van der Waals surface area contributed by atoms with Gasteiger partial charge in [-0.25, -0.2) is 0 Å². The molecule has 0 saturated heterocycles. The van der Waals surface area contributed by atoms with Crippen molar-refractivity contribution in [1.29, 1.82) is 0 Å². The van der Waals surface area contributed by atoms with E-state index in [1.807, 2.05) is 73.9 Å². The van der Waals surface area contributed by atoms with Crippen LogP contribution >= 0.6 is 23.4 Å². The fourth-order valence-corrected chi connectivity index (χ4v) is 3.36. The van der Waals surface area contributed by atoms with Crippen LogP contribution in [0.4, 0.5) is 0 Å². The van der Waals surface area contributed by atoms with E-state index in [0.29, 0.717) is 16.0 Å². The van der Waals surface area contributed by atoms with Gasteiger partial charge in [-0.3, -0.25) is 9.36 Å². The molecule has 0 amide bonds. The summed E-state index contributed by atoms with van der Waals surface area (Å²) in [6.45, 7) is 5.69. The van der Waals surface area contributed by atoms with Crippen LogP contribution in [0.15, 0.2) is 53.7 Å². The molecule has 0 atom stereocenters. The van der Waals surface area contributed by atoms with Crippen LogP contribution in [0.5, 0.6) is 0 Å². The molecule has 0 spiro atoms. The smallest absolute Gasteiger partial charge is 0.316 e. The van der Waals surface area contributed by atoms with Crippen molar-refractivity contribution in [3.05, 3.63) is 59.1 Å². The molecule has 0 N–H and O–H groups in total. The van der Waals surface area contributed by atoms with Crippen molar-refractivity contribution in [2.24, 2.45) is 0 Å². The van der Waals surface area contributed by atoms with Crippen molar-refractivity contribution >= 4 is 29.3 Å². The number of esters is 1. The van der Waals surface area contributed by atoms with Gasteiger partial charge in [-0.05, 0) is 57.2 Å². The maximum atomic E-state index is 11.9. The van der Waals surface area contributed by atoms with Crippen LogP contribution in [-0.2, 0) is 9.53 Å². The molecule has 0 unspecified atom stereocenters. The Hall–Kier alpha value is -2.31. The summed E-state index contributed by atoms with van der Waals surface area (Å²) >= 11 is 7.31. The Morgan fingerprint density at radius 1 is 1.11 bits per heavy atom. The molecule has 0 aliphatic carbocycles. The second kappa shape index (κ2) is 8.59. The first-order valence-electron chi connectivity index (χ1n) is 8.54. The number of ether oxygens (including phenoxy) is 1. The molecule has 1 aromatic heterocycles. The zero-order chi connectivity index (χ0) is 19.4. The molecular formula is C20H20ClN3O2S. The minimum absolute atomic E-state index is 0.141. The summed E-state index contributed by atoms with van der Waals surface area (Å²) < 4.78 is 7.15. The quantitative estimate of drug-likeness (QED) is 0.432. The van der Waals surface area contributed by atoms with Crippen molar-refractivity contribution in [2.75, 3.05) is 5.75 Å². The van der Waals surface area contributed by atoms with Crippen molar-refractivity contribution < 1.29 is 9.53 Å². The lowest BCUT2D eigenvalue weighted by atomic mass is 10.2. The van der Waals surface area contributed by atoms with E-state index < -0.39 is 0 Å². The lowest BCUT2D eigenvalue weighted by Crippen LogP contribution is -2.13. The second-order valence-electron chi connectivity index (χ2n) is 6.31. The lowest BCUT2D eigenvalue weighted by Gasteiger charge is -2.11. The molecular weight excluding hydrogens is 382 g/mol. The van der Waals surface area contributed by atoms with Gasteiger partial charge in [-0.2, -0.15) is 0 Å². The Bertz CT molecular complexity index is 921. The first kappa shape index (κ1) is 19.5. The number of thioether (sulfide) groups is 1. The summed E-state index contributed by atoms with van der Waals surface area (Å²) in [4.78, 5) is 11.9. The fourth-order valence-electron chi connectivity index (χ4n) is 2.50. The van der Waals surface area contributed by atoms with Crippen LogP contribution in [0.2, 0.25) is 5.02 Å². The van der Waals surface area contributed by atoms with Gasteiger partial charge in [0.1, 0.15) is 0 Å². The third kappa shape index (κ3) is 4.90. The van der Waals surface area contributed by atoms with Gasteiger partial charge in [0.15, 0.2) is 11.0 Å². The maximum Gasteiger partial charge on any atom is 0.316 e. The molecule has 0 bridgehead atoms. The summed E-state index contributed by atoms with van der Waals surface area (Å²) in [5.74, 6) is 0.583. The van der Waals surface area contributed by atoms with E-state index >= 15 is 0 Å². The van der Waals surface area contributed by atoms with E-state index in [2.05, 4.69) is 10.2 Å². The lowest BCUT2D eigenvalue weighted by molar-refractivity contribution is -0.144. The van der Waals surface area contributed by atoms with E-state index in [-0.39, 0.29) is 17.8 Å². The van der Waals surface area contributed by atoms with Crippen LogP contribution in [0.3, 0.4) is 0 Å². The average Bonchev–Trinajstić information content (AvgIpc) is 3.04. The van der Waals surface area contributed by atoms with Crippen molar-refractivity contribution in [2.45, 2.75) is 32.0 Å². The third-order valence-corrected chi connectivity index (χ3v) is 4.87. The molecule has 0 aliphatic heterocycles. The molecule has 0 saturated carbocycles. The SMILES string of the molecule is Cc1ccc(-n2c(SCC(=O)OC(C)C)nnc2-c2ccc(Cl)cc2)cc1. The summed E-state index contributed by atoms with van der Waals surface area (Å²) in [6, 6.07) is 15.5. The number of aryl methyl sites for hydroxylation is 1. The van der Waals surface area contributed by atoms with Crippen LogP contribution in [0.25, 0.3) is 17.1 Å². The Labute approximate surface area is 167 Å². The van der Waals surface area contributed by atoms with Gasteiger partial charge in [-0.1, -0.05) is 41.1 Å². The minimum Gasteiger partial charge on any atom is -0.462 e. The zero-order valence-electron chi connectivity index (χ0n) is 15.3. The maximum absolute atomic E-state index is 11.9. The number of hydrogen-bond acceptors (Lipinski definition) is 5. The van der Waals surface area contributed by atoms with Gasteiger partial charge in [0.2, 0.25) is 0 Å². The van der Waals surface area contributed by atoms with E-state index in [1.165, 1.54) is 11.8 Å². The van der Waals surface area contributed by atoms with Crippen LogP contribution in [0, 0.1) is 6.92 Å². The number of carbonyl (C=O) groups is 1. The molecule has 27 heavy (non-hydrogen) atoms. The first-order valence-corrected chi connectivity index (χ1v) is 9.91. The Kier molecular flexibility index (Phi) is 6.19. The third-order valence-electron chi connectivity index (χ3n) is 3.71. The molecule has 5 nitrogen and oxygen atoms in total. The predicted octanol–water partition coefficient (Wildman–Crippen LogP) is 4.94. The minimum atomic E-state index is -0.276. The number of carbonyl (C=O) groups excluding carboxylic acids is 1. The zero-order valence-corrected chi connectivity index (χ0v) is 16.9. The number of benzene rings is 2. The van der Waals surface area contributed by atoms with Crippen molar-refractivity contribution in [1.82, 2.24) is 14.8 Å². The number of halogens is 1. The topological polar surface area (TPSA) is 57.0 Å². The Morgan fingerprint density at radius 3 is 2.41 bits per heavy atom. The van der Waals surface area contributed by atoms with Gasteiger partial charge < -0.3 is 4.74 Å². The summed E-state index contributed by atoms with van der Waals surface area (Å²) in [5, 5.41) is 9.94. The highest BCUT2D eigenvalue weighted by atomic mass is 35.5. The summed E-state index contributed by atoms with van der Waals surface area (Å²) in [7, 11) is 0.